The molecule has 0 saturated heterocycles. The van der Waals surface area contributed by atoms with Gasteiger partial charge in [-0.2, -0.15) is 5.10 Å². The van der Waals surface area contributed by atoms with Crippen molar-refractivity contribution in [2.45, 2.75) is 6.54 Å². The fraction of sp³-hybridized carbons (Fsp3) is 0.158. The molecule has 0 atom stereocenters. The van der Waals surface area contributed by atoms with Gasteiger partial charge in [-0.25, -0.2) is 4.79 Å². The van der Waals surface area contributed by atoms with E-state index < -0.39 is 5.97 Å². The normalized spacial score (nSPS) is 11.1. The second-order valence-corrected chi connectivity index (χ2v) is 5.43. The van der Waals surface area contributed by atoms with Crippen LogP contribution in [0.1, 0.15) is 21.6 Å². The van der Waals surface area contributed by atoms with Crippen LogP contribution in [-0.4, -0.2) is 35.1 Å². The Balaban J connectivity index is 2.09. The number of carbonyl (C=O) groups is 1. The number of carboxylic acid groups (broad SMARTS) is 1. The van der Waals surface area contributed by atoms with Crippen LogP contribution < -0.4 is 4.74 Å². The molecule has 0 aliphatic heterocycles. The first kappa shape index (κ1) is 16.6. The summed E-state index contributed by atoms with van der Waals surface area (Å²) in [6.07, 6.45) is 3.15. The van der Waals surface area contributed by atoms with Crippen LogP contribution in [0.3, 0.4) is 0 Å². The number of fused-ring (bicyclic) bond motifs is 1. The lowest BCUT2D eigenvalue weighted by molar-refractivity contribution is 0.0699. The van der Waals surface area contributed by atoms with Gasteiger partial charge in [0.15, 0.2) is 0 Å². The third-order valence-electron chi connectivity index (χ3n) is 3.89. The first-order valence-corrected chi connectivity index (χ1v) is 7.69. The van der Waals surface area contributed by atoms with Crippen molar-refractivity contribution in [2.75, 3.05) is 14.2 Å². The maximum Gasteiger partial charge on any atom is 0.336 e. The third kappa shape index (κ3) is 3.33. The van der Waals surface area contributed by atoms with Gasteiger partial charge in [-0.15, -0.1) is 0 Å². The number of hydrogen-bond acceptors (Lipinski definition) is 4. The van der Waals surface area contributed by atoms with Crippen molar-refractivity contribution in [3.63, 3.8) is 0 Å². The van der Waals surface area contributed by atoms with E-state index in [1.165, 1.54) is 13.4 Å². The Morgan fingerprint density at radius 1 is 1.20 bits per heavy atom. The zero-order valence-electron chi connectivity index (χ0n) is 14.0. The van der Waals surface area contributed by atoms with Crippen molar-refractivity contribution in [3.8, 4) is 5.75 Å². The van der Waals surface area contributed by atoms with Gasteiger partial charge < -0.3 is 14.6 Å². The Hall–Kier alpha value is -3.28. The summed E-state index contributed by atoms with van der Waals surface area (Å²) in [7, 11) is 3.16. The molecule has 0 radical (unpaired) electrons. The molecule has 0 unspecified atom stereocenters. The minimum Gasteiger partial charge on any atom is -0.504 e. The van der Waals surface area contributed by atoms with Crippen LogP contribution in [0.5, 0.6) is 5.75 Å². The van der Waals surface area contributed by atoms with Crippen LogP contribution in [0, 0.1) is 0 Å². The fourth-order valence-electron chi connectivity index (χ4n) is 2.71. The van der Waals surface area contributed by atoms with Crippen molar-refractivity contribution in [3.05, 3.63) is 65.5 Å². The van der Waals surface area contributed by atoms with Crippen LogP contribution in [0.4, 0.5) is 0 Å². The predicted molar refractivity (Wildman–Crippen MR) is 94.8 cm³/mol. The highest BCUT2D eigenvalue weighted by Crippen LogP contribution is 2.25. The monoisotopic (exact) mass is 338 g/mol. The number of aromatic nitrogens is 2. The smallest absolute Gasteiger partial charge is 0.336 e. The maximum atomic E-state index is 11.6. The number of ether oxygens (including phenoxy) is 2. The van der Waals surface area contributed by atoms with Gasteiger partial charge in [0.2, 0.25) is 0 Å². The second-order valence-electron chi connectivity index (χ2n) is 5.43. The number of hydrogen-bond donors (Lipinski definition) is 1. The molecule has 2 aromatic carbocycles. The Labute approximate surface area is 144 Å². The molecule has 0 aliphatic carbocycles. The van der Waals surface area contributed by atoms with E-state index in [2.05, 4.69) is 5.10 Å². The standard InChI is InChI=1S/C19H18N2O4/c1-24-11-10-16-18-15(19(22)23)4-3-5-17(18)21(20-16)12-13-6-8-14(25-2)9-7-13/h3-11H,12H2,1-2H3,(H,22,23)/b11-10+. The van der Waals surface area contributed by atoms with Crippen molar-refractivity contribution >= 4 is 22.9 Å². The lowest BCUT2D eigenvalue weighted by Gasteiger charge is -2.05. The Morgan fingerprint density at radius 2 is 1.96 bits per heavy atom. The molecule has 1 aromatic heterocycles. The molecule has 3 aromatic rings. The summed E-state index contributed by atoms with van der Waals surface area (Å²) >= 11 is 0. The van der Waals surface area contributed by atoms with Crippen molar-refractivity contribution < 1.29 is 19.4 Å². The van der Waals surface area contributed by atoms with Gasteiger partial charge in [-0.05, 0) is 29.8 Å². The molecule has 25 heavy (non-hydrogen) atoms. The molecule has 0 aliphatic rings. The lowest BCUT2D eigenvalue weighted by Crippen LogP contribution is -2.02. The van der Waals surface area contributed by atoms with Gasteiger partial charge >= 0.3 is 5.97 Å². The molecule has 0 spiro atoms. The second kappa shape index (κ2) is 7.09. The topological polar surface area (TPSA) is 73.6 Å². The molecule has 1 heterocycles. The summed E-state index contributed by atoms with van der Waals surface area (Å²) in [4.78, 5) is 11.6. The van der Waals surface area contributed by atoms with Crippen molar-refractivity contribution in [1.29, 1.82) is 0 Å². The lowest BCUT2D eigenvalue weighted by atomic mass is 10.1. The zero-order chi connectivity index (χ0) is 17.8. The first-order valence-electron chi connectivity index (χ1n) is 7.69. The number of nitrogens with zero attached hydrogens (tertiary/aromatic N) is 2. The van der Waals surface area contributed by atoms with Crippen LogP contribution in [-0.2, 0) is 11.3 Å². The van der Waals surface area contributed by atoms with E-state index >= 15 is 0 Å². The average molecular weight is 338 g/mol. The molecule has 0 saturated carbocycles. The highest BCUT2D eigenvalue weighted by Gasteiger charge is 2.16. The fourth-order valence-corrected chi connectivity index (χ4v) is 2.71. The van der Waals surface area contributed by atoms with Crippen molar-refractivity contribution in [1.82, 2.24) is 9.78 Å². The summed E-state index contributed by atoms with van der Waals surface area (Å²) in [5, 5.41) is 14.6. The summed E-state index contributed by atoms with van der Waals surface area (Å²) in [5.41, 5.74) is 2.57. The third-order valence-corrected chi connectivity index (χ3v) is 3.89. The molecule has 128 valence electrons. The van der Waals surface area contributed by atoms with Gasteiger partial charge in [0, 0.05) is 11.5 Å². The molecular weight excluding hydrogens is 320 g/mol. The van der Waals surface area contributed by atoms with E-state index in [1.54, 1.807) is 30.0 Å². The number of aromatic carboxylic acids is 1. The summed E-state index contributed by atoms with van der Waals surface area (Å²) in [5.74, 6) is -0.201. The largest absolute Gasteiger partial charge is 0.504 e. The Morgan fingerprint density at radius 3 is 2.60 bits per heavy atom. The van der Waals surface area contributed by atoms with Gasteiger partial charge in [0.25, 0.3) is 0 Å². The average Bonchev–Trinajstić information content (AvgIpc) is 2.98. The minimum absolute atomic E-state index is 0.217. The molecule has 6 nitrogen and oxygen atoms in total. The van der Waals surface area contributed by atoms with E-state index in [0.29, 0.717) is 17.6 Å². The summed E-state index contributed by atoms with van der Waals surface area (Å²) in [6, 6.07) is 12.8. The Kier molecular flexibility index (Phi) is 4.70. The van der Waals surface area contributed by atoms with Gasteiger partial charge in [0.1, 0.15) is 5.75 Å². The van der Waals surface area contributed by atoms with Crippen molar-refractivity contribution in [2.24, 2.45) is 0 Å². The van der Waals surface area contributed by atoms with Gasteiger partial charge in [-0.3, -0.25) is 4.68 Å². The van der Waals surface area contributed by atoms with E-state index in [1.807, 2.05) is 30.3 Å². The zero-order valence-corrected chi connectivity index (χ0v) is 14.0. The molecule has 0 fully saturated rings. The Bertz CT molecular complexity index is 926. The van der Waals surface area contributed by atoms with Crippen LogP contribution in [0.15, 0.2) is 48.7 Å². The van der Waals surface area contributed by atoms with E-state index in [4.69, 9.17) is 9.47 Å². The van der Waals surface area contributed by atoms with Gasteiger partial charge in [-0.1, -0.05) is 18.2 Å². The van der Waals surface area contributed by atoms with E-state index in [-0.39, 0.29) is 5.56 Å². The minimum atomic E-state index is -0.985. The highest BCUT2D eigenvalue weighted by molar-refractivity contribution is 6.05. The quantitative estimate of drug-likeness (QED) is 0.697. The molecule has 3 rings (SSSR count). The molecular formula is C19H18N2O4. The number of benzene rings is 2. The SMILES string of the molecule is CO/C=C/c1nn(Cc2ccc(OC)cc2)c2cccc(C(=O)O)c12. The highest BCUT2D eigenvalue weighted by atomic mass is 16.5. The maximum absolute atomic E-state index is 11.6. The number of rotatable bonds is 6. The predicted octanol–water partition coefficient (Wildman–Crippen LogP) is 3.41. The summed E-state index contributed by atoms with van der Waals surface area (Å²) in [6.45, 7) is 0.518. The van der Waals surface area contributed by atoms with Crippen LogP contribution in [0.2, 0.25) is 0 Å². The van der Waals surface area contributed by atoms with E-state index in [0.717, 1.165) is 16.8 Å². The molecule has 6 heteroatoms. The van der Waals surface area contributed by atoms with Crippen LogP contribution in [0.25, 0.3) is 17.0 Å². The number of methoxy groups -OCH3 is 2. The summed E-state index contributed by atoms with van der Waals surface area (Å²) < 4.78 is 11.9. The van der Waals surface area contributed by atoms with Gasteiger partial charge in [0.05, 0.1) is 43.8 Å². The van der Waals surface area contributed by atoms with E-state index in [9.17, 15) is 9.90 Å². The molecule has 1 N–H and O–H groups in total. The molecule has 0 amide bonds. The first-order chi connectivity index (χ1) is 12.1. The molecule has 0 bridgehead atoms. The number of carboxylic acids is 1. The van der Waals surface area contributed by atoms with Crippen LogP contribution >= 0.6 is 0 Å².